The lowest BCUT2D eigenvalue weighted by atomic mass is 10.0. The Labute approximate surface area is 152 Å². The molecule has 0 N–H and O–H groups in total. The SMILES string of the molecule is COc1ccc(C2CCCN2Cc2ccn(-c3cccc(F)c3)n2)cc1. The van der Waals surface area contributed by atoms with Crippen LogP contribution < -0.4 is 4.74 Å². The quantitative estimate of drug-likeness (QED) is 0.684. The molecule has 1 atom stereocenters. The van der Waals surface area contributed by atoms with E-state index in [1.807, 2.05) is 30.5 Å². The maximum atomic E-state index is 13.4. The maximum Gasteiger partial charge on any atom is 0.125 e. The Morgan fingerprint density at radius 1 is 1.15 bits per heavy atom. The molecule has 4 rings (SSSR count). The average molecular weight is 351 g/mol. The fourth-order valence-electron chi connectivity index (χ4n) is 3.64. The summed E-state index contributed by atoms with van der Waals surface area (Å²) in [6.07, 6.45) is 4.22. The van der Waals surface area contributed by atoms with Crippen LogP contribution >= 0.6 is 0 Å². The molecule has 0 aliphatic carbocycles. The first kappa shape index (κ1) is 16.8. The van der Waals surface area contributed by atoms with Gasteiger partial charge in [-0.05, 0) is 61.3 Å². The summed E-state index contributed by atoms with van der Waals surface area (Å²) >= 11 is 0. The highest BCUT2D eigenvalue weighted by molar-refractivity contribution is 5.32. The summed E-state index contributed by atoms with van der Waals surface area (Å²) < 4.78 is 20.4. The van der Waals surface area contributed by atoms with Crippen molar-refractivity contribution in [3.8, 4) is 11.4 Å². The number of ether oxygens (including phenoxy) is 1. The van der Waals surface area contributed by atoms with Gasteiger partial charge in [-0.3, -0.25) is 4.90 Å². The van der Waals surface area contributed by atoms with E-state index in [1.165, 1.54) is 24.1 Å². The number of halogens is 1. The Hall–Kier alpha value is -2.66. The van der Waals surface area contributed by atoms with Crippen LogP contribution in [0.2, 0.25) is 0 Å². The number of benzene rings is 2. The Morgan fingerprint density at radius 3 is 2.77 bits per heavy atom. The average Bonchev–Trinajstić information content (AvgIpc) is 3.32. The standard InChI is InChI=1S/C21H22FN3O/c1-26-20-9-7-16(8-10-20)21-6-3-12-24(21)15-18-11-13-25(23-18)19-5-2-4-17(22)14-19/h2,4-5,7-11,13-14,21H,3,6,12,15H2,1H3. The van der Waals surface area contributed by atoms with E-state index in [0.717, 1.165) is 36.6 Å². The first-order valence-electron chi connectivity index (χ1n) is 8.91. The summed E-state index contributed by atoms with van der Waals surface area (Å²) in [5.41, 5.74) is 3.05. The smallest absolute Gasteiger partial charge is 0.125 e. The molecular weight excluding hydrogens is 329 g/mol. The Morgan fingerprint density at radius 2 is 2.00 bits per heavy atom. The van der Waals surface area contributed by atoms with Crippen LogP contribution in [0.1, 0.15) is 30.1 Å². The molecule has 0 saturated carbocycles. The predicted octanol–water partition coefficient (Wildman–Crippen LogP) is 4.36. The minimum Gasteiger partial charge on any atom is -0.497 e. The zero-order valence-electron chi connectivity index (χ0n) is 14.8. The van der Waals surface area contributed by atoms with Crippen molar-refractivity contribution in [2.45, 2.75) is 25.4 Å². The van der Waals surface area contributed by atoms with Crippen LogP contribution in [0, 0.1) is 5.82 Å². The van der Waals surface area contributed by atoms with Gasteiger partial charge in [0.15, 0.2) is 0 Å². The zero-order chi connectivity index (χ0) is 17.9. The van der Waals surface area contributed by atoms with Gasteiger partial charge in [0.25, 0.3) is 0 Å². The molecule has 1 saturated heterocycles. The largest absolute Gasteiger partial charge is 0.497 e. The van der Waals surface area contributed by atoms with Crippen molar-refractivity contribution < 1.29 is 9.13 Å². The number of aromatic nitrogens is 2. The molecule has 2 heterocycles. The van der Waals surface area contributed by atoms with Crippen LogP contribution in [-0.2, 0) is 6.54 Å². The van der Waals surface area contributed by atoms with Crippen molar-refractivity contribution in [2.24, 2.45) is 0 Å². The van der Waals surface area contributed by atoms with E-state index in [2.05, 4.69) is 22.1 Å². The number of nitrogens with zero attached hydrogens (tertiary/aromatic N) is 3. The number of hydrogen-bond donors (Lipinski definition) is 0. The predicted molar refractivity (Wildman–Crippen MR) is 98.9 cm³/mol. The minimum absolute atomic E-state index is 0.251. The number of likely N-dealkylation sites (tertiary alicyclic amines) is 1. The number of rotatable bonds is 5. The Kier molecular flexibility index (Phi) is 4.71. The third-order valence-electron chi connectivity index (χ3n) is 4.95. The highest BCUT2D eigenvalue weighted by Gasteiger charge is 2.26. The lowest BCUT2D eigenvalue weighted by molar-refractivity contribution is 0.245. The van der Waals surface area contributed by atoms with Crippen molar-refractivity contribution in [2.75, 3.05) is 13.7 Å². The summed E-state index contributed by atoms with van der Waals surface area (Å²) in [4.78, 5) is 2.46. The Bertz CT molecular complexity index is 875. The molecule has 0 bridgehead atoms. The topological polar surface area (TPSA) is 30.3 Å². The second-order valence-corrected chi connectivity index (χ2v) is 6.63. The lowest BCUT2D eigenvalue weighted by Gasteiger charge is -2.24. The van der Waals surface area contributed by atoms with Crippen LogP contribution in [0.15, 0.2) is 60.8 Å². The third kappa shape index (κ3) is 3.48. The molecule has 1 aromatic heterocycles. The monoisotopic (exact) mass is 351 g/mol. The van der Waals surface area contributed by atoms with Gasteiger partial charge in [0.05, 0.1) is 18.5 Å². The first-order chi connectivity index (χ1) is 12.7. The molecule has 1 unspecified atom stereocenters. The molecule has 1 aliphatic rings. The van der Waals surface area contributed by atoms with E-state index in [1.54, 1.807) is 17.9 Å². The normalized spacial score (nSPS) is 17.5. The third-order valence-corrected chi connectivity index (χ3v) is 4.95. The van der Waals surface area contributed by atoms with Gasteiger partial charge < -0.3 is 4.74 Å². The molecule has 0 spiro atoms. The van der Waals surface area contributed by atoms with Gasteiger partial charge in [-0.25, -0.2) is 9.07 Å². The minimum atomic E-state index is -0.251. The van der Waals surface area contributed by atoms with E-state index >= 15 is 0 Å². The van der Waals surface area contributed by atoms with Gasteiger partial charge in [0, 0.05) is 18.8 Å². The van der Waals surface area contributed by atoms with Crippen molar-refractivity contribution in [1.82, 2.24) is 14.7 Å². The molecule has 0 amide bonds. The van der Waals surface area contributed by atoms with Gasteiger partial charge in [-0.15, -0.1) is 0 Å². The van der Waals surface area contributed by atoms with Gasteiger partial charge in [0.2, 0.25) is 0 Å². The highest BCUT2D eigenvalue weighted by Crippen LogP contribution is 2.33. The molecule has 3 aromatic rings. The van der Waals surface area contributed by atoms with Gasteiger partial charge >= 0.3 is 0 Å². The molecular formula is C21H22FN3O. The second kappa shape index (κ2) is 7.30. The van der Waals surface area contributed by atoms with Crippen molar-refractivity contribution in [1.29, 1.82) is 0 Å². The van der Waals surface area contributed by atoms with E-state index in [9.17, 15) is 4.39 Å². The number of hydrogen-bond acceptors (Lipinski definition) is 3. The van der Waals surface area contributed by atoms with Crippen molar-refractivity contribution in [3.63, 3.8) is 0 Å². The van der Waals surface area contributed by atoms with Crippen LogP contribution in [0.3, 0.4) is 0 Å². The molecule has 26 heavy (non-hydrogen) atoms. The van der Waals surface area contributed by atoms with E-state index < -0.39 is 0 Å². The molecule has 0 radical (unpaired) electrons. The molecule has 1 fully saturated rings. The molecule has 1 aliphatic heterocycles. The molecule has 5 heteroatoms. The van der Waals surface area contributed by atoms with E-state index in [4.69, 9.17) is 4.74 Å². The van der Waals surface area contributed by atoms with E-state index in [0.29, 0.717) is 6.04 Å². The van der Waals surface area contributed by atoms with E-state index in [-0.39, 0.29) is 5.82 Å². The first-order valence-corrected chi connectivity index (χ1v) is 8.91. The summed E-state index contributed by atoms with van der Waals surface area (Å²) in [7, 11) is 1.69. The fourth-order valence-corrected chi connectivity index (χ4v) is 3.64. The second-order valence-electron chi connectivity index (χ2n) is 6.63. The highest BCUT2D eigenvalue weighted by atomic mass is 19.1. The van der Waals surface area contributed by atoms with Gasteiger partial charge in [-0.1, -0.05) is 18.2 Å². The van der Waals surface area contributed by atoms with Crippen molar-refractivity contribution in [3.05, 3.63) is 77.9 Å². The van der Waals surface area contributed by atoms with Gasteiger partial charge in [0.1, 0.15) is 11.6 Å². The number of methoxy groups -OCH3 is 1. The van der Waals surface area contributed by atoms with Crippen LogP contribution in [-0.4, -0.2) is 28.3 Å². The summed E-state index contributed by atoms with van der Waals surface area (Å²) in [5.74, 6) is 0.630. The van der Waals surface area contributed by atoms with Gasteiger partial charge in [-0.2, -0.15) is 5.10 Å². The Balaban J connectivity index is 1.49. The lowest BCUT2D eigenvalue weighted by Crippen LogP contribution is -2.23. The summed E-state index contributed by atoms with van der Waals surface area (Å²) in [5, 5.41) is 4.63. The summed E-state index contributed by atoms with van der Waals surface area (Å²) in [6, 6.07) is 17.2. The van der Waals surface area contributed by atoms with Crippen LogP contribution in [0.25, 0.3) is 5.69 Å². The molecule has 134 valence electrons. The zero-order valence-corrected chi connectivity index (χ0v) is 14.8. The maximum absolute atomic E-state index is 13.4. The molecule has 4 nitrogen and oxygen atoms in total. The van der Waals surface area contributed by atoms with Crippen LogP contribution in [0.4, 0.5) is 4.39 Å². The molecule has 2 aromatic carbocycles. The fraction of sp³-hybridized carbons (Fsp3) is 0.286. The van der Waals surface area contributed by atoms with Crippen LogP contribution in [0.5, 0.6) is 5.75 Å². The summed E-state index contributed by atoms with van der Waals surface area (Å²) in [6.45, 7) is 1.85. The van der Waals surface area contributed by atoms with Crippen molar-refractivity contribution >= 4 is 0 Å².